The second kappa shape index (κ2) is 4.67. The van der Waals surface area contributed by atoms with Gasteiger partial charge in [-0.05, 0) is 31.6 Å². The van der Waals surface area contributed by atoms with Gasteiger partial charge >= 0.3 is 5.97 Å². The molecule has 0 aromatic heterocycles. The molecule has 96 valence electrons. The molecular formula is C13H21NO3. The standard InChI is InChI=1S/C13H21NO3/c1-2-3-10-4-8-14(9-5-10)11(15)13(6-7-13)12(16)17/h10H,2-9H2,1H3,(H,16,17). The fourth-order valence-electron chi connectivity index (χ4n) is 2.78. The average molecular weight is 239 g/mol. The van der Waals surface area contributed by atoms with E-state index >= 15 is 0 Å². The van der Waals surface area contributed by atoms with E-state index in [9.17, 15) is 9.59 Å². The first-order valence-electron chi connectivity index (χ1n) is 6.63. The van der Waals surface area contributed by atoms with Gasteiger partial charge in [0.15, 0.2) is 0 Å². The molecule has 0 spiro atoms. The molecule has 1 saturated carbocycles. The van der Waals surface area contributed by atoms with Gasteiger partial charge in [0.25, 0.3) is 0 Å². The summed E-state index contributed by atoms with van der Waals surface area (Å²) in [6.07, 6.45) is 5.54. The highest BCUT2D eigenvalue weighted by Gasteiger charge is 2.58. The molecule has 1 saturated heterocycles. The van der Waals surface area contributed by atoms with Gasteiger partial charge in [0.1, 0.15) is 5.41 Å². The van der Waals surface area contributed by atoms with E-state index in [2.05, 4.69) is 6.92 Å². The van der Waals surface area contributed by atoms with Crippen molar-refractivity contribution in [3.05, 3.63) is 0 Å². The highest BCUT2D eigenvalue weighted by Crippen LogP contribution is 2.48. The molecule has 2 aliphatic rings. The molecular weight excluding hydrogens is 218 g/mol. The molecule has 0 aromatic rings. The van der Waals surface area contributed by atoms with Crippen molar-refractivity contribution in [2.75, 3.05) is 13.1 Å². The summed E-state index contributed by atoms with van der Waals surface area (Å²) in [7, 11) is 0. The summed E-state index contributed by atoms with van der Waals surface area (Å²) >= 11 is 0. The van der Waals surface area contributed by atoms with Crippen molar-refractivity contribution in [2.45, 2.75) is 45.4 Å². The van der Waals surface area contributed by atoms with Gasteiger partial charge < -0.3 is 10.0 Å². The number of carboxylic acids is 1. The Morgan fingerprint density at radius 3 is 2.29 bits per heavy atom. The van der Waals surface area contributed by atoms with Crippen LogP contribution < -0.4 is 0 Å². The molecule has 2 rings (SSSR count). The number of nitrogens with zero attached hydrogens (tertiary/aromatic N) is 1. The third-order valence-electron chi connectivity index (χ3n) is 4.17. The van der Waals surface area contributed by atoms with E-state index in [0.29, 0.717) is 12.8 Å². The Hall–Kier alpha value is -1.06. The molecule has 2 fully saturated rings. The van der Waals surface area contributed by atoms with Gasteiger partial charge in [0.2, 0.25) is 5.91 Å². The zero-order valence-corrected chi connectivity index (χ0v) is 10.4. The molecule has 1 amide bonds. The van der Waals surface area contributed by atoms with Gasteiger partial charge in [-0.1, -0.05) is 19.8 Å². The highest BCUT2D eigenvalue weighted by atomic mass is 16.4. The van der Waals surface area contributed by atoms with Crippen LogP contribution in [0.4, 0.5) is 0 Å². The predicted octanol–water partition coefficient (Wildman–Crippen LogP) is 1.89. The second-order valence-corrected chi connectivity index (χ2v) is 5.41. The van der Waals surface area contributed by atoms with Crippen LogP contribution in [-0.4, -0.2) is 35.0 Å². The zero-order valence-electron chi connectivity index (χ0n) is 10.4. The summed E-state index contributed by atoms with van der Waals surface area (Å²) in [4.78, 5) is 25.0. The maximum absolute atomic E-state index is 12.1. The van der Waals surface area contributed by atoms with Crippen LogP contribution in [0, 0.1) is 11.3 Å². The van der Waals surface area contributed by atoms with E-state index in [-0.39, 0.29) is 5.91 Å². The van der Waals surface area contributed by atoms with Gasteiger partial charge in [-0.2, -0.15) is 0 Å². The SMILES string of the molecule is CCCC1CCN(C(=O)C2(C(=O)O)CC2)CC1. The van der Waals surface area contributed by atoms with Crippen molar-refractivity contribution in [3.8, 4) is 0 Å². The normalized spacial score (nSPS) is 23.5. The molecule has 0 unspecified atom stereocenters. The van der Waals surface area contributed by atoms with E-state index in [0.717, 1.165) is 31.8 Å². The summed E-state index contributed by atoms with van der Waals surface area (Å²) < 4.78 is 0. The summed E-state index contributed by atoms with van der Waals surface area (Å²) in [6, 6.07) is 0. The molecule has 0 radical (unpaired) electrons. The maximum atomic E-state index is 12.1. The first-order chi connectivity index (χ1) is 8.10. The first-order valence-corrected chi connectivity index (χ1v) is 6.63. The number of hydrogen-bond donors (Lipinski definition) is 1. The van der Waals surface area contributed by atoms with Crippen molar-refractivity contribution < 1.29 is 14.7 Å². The minimum Gasteiger partial charge on any atom is -0.480 e. The van der Waals surface area contributed by atoms with Crippen molar-refractivity contribution in [3.63, 3.8) is 0 Å². The fraction of sp³-hybridized carbons (Fsp3) is 0.846. The van der Waals surface area contributed by atoms with Gasteiger partial charge in [0.05, 0.1) is 0 Å². The number of hydrogen-bond acceptors (Lipinski definition) is 2. The monoisotopic (exact) mass is 239 g/mol. The minimum absolute atomic E-state index is 0.139. The van der Waals surface area contributed by atoms with Crippen molar-refractivity contribution in [1.82, 2.24) is 4.90 Å². The number of piperidine rings is 1. The van der Waals surface area contributed by atoms with E-state index in [4.69, 9.17) is 5.11 Å². The van der Waals surface area contributed by atoms with Crippen LogP contribution in [0.1, 0.15) is 45.4 Å². The fourth-order valence-corrected chi connectivity index (χ4v) is 2.78. The highest BCUT2D eigenvalue weighted by molar-refractivity contribution is 6.04. The Balaban J connectivity index is 1.89. The van der Waals surface area contributed by atoms with Gasteiger partial charge in [-0.3, -0.25) is 9.59 Å². The number of likely N-dealkylation sites (tertiary alicyclic amines) is 1. The molecule has 0 bridgehead atoms. The molecule has 1 aliphatic heterocycles. The lowest BCUT2D eigenvalue weighted by Crippen LogP contribution is -2.45. The van der Waals surface area contributed by atoms with Gasteiger partial charge in [-0.15, -0.1) is 0 Å². The number of aliphatic carboxylic acids is 1. The number of carbonyl (C=O) groups is 2. The molecule has 1 aliphatic carbocycles. The summed E-state index contributed by atoms with van der Waals surface area (Å²) in [5.41, 5.74) is -1.04. The van der Waals surface area contributed by atoms with Crippen LogP contribution in [0.5, 0.6) is 0 Å². The molecule has 0 atom stereocenters. The third-order valence-corrected chi connectivity index (χ3v) is 4.17. The molecule has 17 heavy (non-hydrogen) atoms. The molecule has 4 nitrogen and oxygen atoms in total. The van der Waals surface area contributed by atoms with E-state index in [1.54, 1.807) is 4.90 Å². The number of carbonyl (C=O) groups excluding carboxylic acids is 1. The summed E-state index contributed by atoms with van der Waals surface area (Å²) in [5.74, 6) is -0.345. The Kier molecular flexibility index (Phi) is 3.40. The van der Waals surface area contributed by atoms with Crippen LogP contribution in [0.2, 0.25) is 0 Å². The van der Waals surface area contributed by atoms with Gasteiger partial charge in [-0.25, -0.2) is 0 Å². The first kappa shape index (κ1) is 12.4. The molecule has 4 heteroatoms. The number of amides is 1. The summed E-state index contributed by atoms with van der Waals surface area (Å²) in [6.45, 7) is 3.68. The minimum atomic E-state index is -1.04. The average Bonchev–Trinajstić information content (AvgIpc) is 3.11. The molecule has 1 heterocycles. The van der Waals surface area contributed by atoms with Crippen molar-refractivity contribution in [1.29, 1.82) is 0 Å². The van der Waals surface area contributed by atoms with Crippen LogP contribution >= 0.6 is 0 Å². The molecule has 1 N–H and O–H groups in total. The zero-order chi connectivity index (χ0) is 12.5. The second-order valence-electron chi connectivity index (χ2n) is 5.41. The Morgan fingerprint density at radius 1 is 1.29 bits per heavy atom. The Morgan fingerprint density at radius 2 is 1.88 bits per heavy atom. The maximum Gasteiger partial charge on any atom is 0.319 e. The lowest BCUT2D eigenvalue weighted by atomic mass is 9.91. The van der Waals surface area contributed by atoms with E-state index in [1.807, 2.05) is 0 Å². The lowest BCUT2D eigenvalue weighted by molar-refractivity contribution is -0.154. The van der Waals surface area contributed by atoms with Crippen LogP contribution in [-0.2, 0) is 9.59 Å². The van der Waals surface area contributed by atoms with Crippen LogP contribution in [0.3, 0.4) is 0 Å². The quantitative estimate of drug-likeness (QED) is 0.762. The van der Waals surface area contributed by atoms with Crippen LogP contribution in [0.25, 0.3) is 0 Å². The third kappa shape index (κ3) is 2.31. The lowest BCUT2D eigenvalue weighted by Gasteiger charge is -2.33. The largest absolute Gasteiger partial charge is 0.480 e. The smallest absolute Gasteiger partial charge is 0.319 e. The molecule has 0 aromatic carbocycles. The van der Waals surface area contributed by atoms with Crippen molar-refractivity contribution >= 4 is 11.9 Å². The van der Waals surface area contributed by atoms with Crippen LogP contribution in [0.15, 0.2) is 0 Å². The summed E-state index contributed by atoms with van der Waals surface area (Å²) in [5, 5.41) is 9.09. The predicted molar refractivity (Wildman–Crippen MR) is 63.5 cm³/mol. The van der Waals surface area contributed by atoms with E-state index in [1.165, 1.54) is 12.8 Å². The number of carboxylic acid groups (broad SMARTS) is 1. The Labute approximate surface area is 102 Å². The number of rotatable bonds is 4. The topological polar surface area (TPSA) is 57.6 Å². The van der Waals surface area contributed by atoms with Gasteiger partial charge in [0, 0.05) is 13.1 Å². The van der Waals surface area contributed by atoms with Crippen molar-refractivity contribution in [2.24, 2.45) is 11.3 Å². The Bertz CT molecular complexity index is 315. The van der Waals surface area contributed by atoms with E-state index < -0.39 is 11.4 Å².